The van der Waals surface area contributed by atoms with Gasteiger partial charge in [0.1, 0.15) is 5.82 Å². The van der Waals surface area contributed by atoms with E-state index in [0.29, 0.717) is 12.1 Å². The van der Waals surface area contributed by atoms with Crippen LogP contribution in [0, 0.1) is 12.7 Å². The van der Waals surface area contributed by atoms with Crippen LogP contribution >= 0.6 is 0 Å². The van der Waals surface area contributed by atoms with Gasteiger partial charge in [0, 0.05) is 12.1 Å². The van der Waals surface area contributed by atoms with E-state index in [0.717, 1.165) is 13.0 Å². The smallest absolute Gasteiger partial charge is 0.238 e. The van der Waals surface area contributed by atoms with Crippen LogP contribution < -0.4 is 10.5 Å². The first-order chi connectivity index (χ1) is 7.86. The molecule has 6 heteroatoms. The van der Waals surface area contributed by atoms with E-state index in [1.54, 1.807) is 0 Å². The van der Waals surface area contributed by atoms with Crippen LogP contribution in [-0.4, -0.2) is 15.0 Å². The number of halogens is 1. The highest BCUT2D eigenvalue weighted by atomic mass is 32.2. The summed E-state index contributed by atoms with van der Waals surface area (Å²) in [4.78, 5) is -0.147. The van der Waals surface area contributed by atoms with Crippen LogP contribution in [-0.2, 0) is 16.6 Å². The summed E-state index contributed by atoms with van der Waals surface area (Å²) in [6.07, 6.45) is 0.955. The maximum absolute atomic E-state index is 13.5. The molecule has 0 saturated heterocycles. The highest BCUT2D eigenvalue weighted by molar-refractivity contribution is 7.89. The van der Waals surface area contributed by atoms with Crippen molar-refractivity contribution in [2.75, 3.05) is 6.54 Å². The van der Waals surface area contributed by atoms with Crippen LogP contribution in [0.1, 0.15) is 24.5 Å². The summed E-state index contributed by atoms with van der Waals surface area (Å²) in [6.45, 7) is 4.63. The van der Waals surface area contributed by atoms with Crippen molar-refractivity contribution in [3.05, 3.63) is 29.1 Å². The Morgan fingerprint density at radius 2 is 2.06 bits per heavy atom. The molecule has 0 spiro atoms. The second-order valence-corrected chi connectivity index (χ2v) is 5.45. The van der Waals surface area contributed by atoms with Gasteiger partial charge in [-0.3, -0.25) is 0 Å². The molecule has 0 atom stereocenters. The van der Waals surface area contributed by atoms with E-state index in [1.165, 1.54) is 19.1 Å². The van der Waals surface area contributed by atoms with Gasteiger partial charge in [-0.2, -0.15) is 0 Å². The summed E-state index contributed by atoms with van der Waals surface area (Å²) in [6, 6.07) is 2.74. The topological polar surface area (TPSA) is 72.2 Å². The molecule has 1 aromatic carbocycles. The monoisotopic (exact) mass is 260 g/mol. The molecule has 96 valence electrons. The lowest BCUT2D eigenvalue weighted by Gasteiger charge is -2.09. The molecule has 1 rings (SSSR count). The molecular formula is C11H17FN2O2S. The molecule has 0 aliphatic rings. The first kappa shape index (κ1) is 14.1. The van der Waals surface area contributed by atoms with Gasteiger partial charge in [-0.15, -0.1) is 0 Å². The van der Waals surface area contributed by atoms with Gasteiger partial charge in [0.25, 0.3) is 0 Å². The number of hydrogen-bond acceptors (Lipinski definition) is 3. The van der Waals surface area contributed by atoms with Gasteiger partial charge < -0.3 is 5.32 Å². The molecule has 0 heterocycles. The lowest BCUT2D eigenvalue weighted by Crippen LogP contribution is -2.17. The Bertz CT molecular complexity index is 500. The van der Waals surface area contributed by atoms with E-state index in [-0.39, 0.29) is 10.5 Å². The van der Waals surface area contributed by atoms with E-state index >= 15 is 0 Å². The van der Waals surface area contributed by atoms with Crippen molar-refractivity contribution in [3.8, 4) is 0 Å². The van der Waals surface area contributed by atoms with E-state index in [4.69, 9.17) is 5.14 Å². The van der Waals surface area contributed by atoms with E-state index < -0.39 is 15.8 Å². The van der Waals surface area contributed by atoms with Crippen LogP contribution in [0.25, 0.3) is 0 Å². The van der Waals surface area contributed by atoms with Crippen molar-refractivity contribution in [1.82, 2.24) is 5.32 Å². The molecular weight excluding hydrogens is 243 g/mol. The molecule has 0 radical (unpaired) electrons. The third-order valence-electron chi connectivity index (χ3n) is 2.42. The quantitative estimate of drug-likeness (QED) is 0.783. The van der Waals surface area contributed by atoms with Crippen molar-refractivity contribution in [3.63, 3.8) is 0 Å². The van der Waals surface area contributed by atoms with Gasteiger partial charge in [-0.1, -0.05) is 6.92 Å². The molecule has 0 unspecified atom stereocenters. The Labute approximate surface area is 101 Å². The number of rotatable bonds is 5. The Balaban J connectivity index is 3.07. The molecule has 0 fully saturated rings. The molecule has 4 nitrogen and oxygen atoms in total. The molecule has 0 aliphatic heterocycles. The van der Waals surface area contributed by atoms with E-state index in [1.807, 2.05) is 6.92 Å². The fraction of sp³-hybridized carbons (Fsp3) is 0.455. The van der Waals surface area contributed by atoms with E-state index in [9.17, 15) is 12.8 Å². The summed E-state index contributed by atoms with van der Waals surface area (Å²) in [7, 11) is -3.88. The zero-order valence-corrected chi connectivity index (χ0v) is 10.8. The fourth-order valence-corrected chi connectivity index (χ4v) is 2.35. The van der Waals surface area contributed by atoms with Crippen molar-refractivity contribution in [1.29, 1.82) is 0 Å². The van der Waals surface area contributed by atoms with Crippen LogP contribution in [0.3, 0.4) is 0 Å². The lowest BCUT2D eigenvalue weighted by molar-refractivity contribution is 0.584. The minimum absolute atomic E-state index is 0.0618. The number of benzene rings is 1. The molecule has 1 aromatic rings. The third-order valence-corrected chi connectivity index (χ3v) is 3.46. The standard InChI is InChI=1S/C11H17FN2O2S/c1-3-4-14-7-9-5-10(12)8(2)11(6-9)17(13,15)16/h5-6,14H,3-4,7H2,1-2H3,(H2,13,15,16). The highest BCUT2D eigenvalue weighted by Crippen LogP contribution is 2.19. The minimum atomic E-state index is -3.88. The third kappa shape index (κ3) is 3.76. The van der Waals surface area contributed by atoms with Crippen LogP contribution in [0.2, 0.25) is 0 Å². The second-order valence-electron chi connectivity index (χ2n) is 3.92. The summed E-state index contributed by atoms with van der Waals surface area (Å²) < 4.78 is 36.1. The Kier molecular flexibility index (Phi) is 4.62. The van der Waals surface area contributed by atoms with Crippen LogP contribution in [0.4, 0.5) is 4.39 Å². The van der Waals surface area contributed by atoms with Gasteiger partial charge in [0.15, 0.2) is 0 Å². The molecule has 0 aliphatic carbocycles. The van der Waals surface area contributed by atoms with Gasteiger partial charge >= 0.3 is 0 Å². The first-order valence-electron chi connectivity index (χ1n) is 5.38. The van der Waals surface area contributed by atoms with Crippen molar-refractivity contribution < 1.29 is 12.8 Å². The van der Waals surface area contributed by atoms with Crippen LogP contribution in [0.15, 0.2) is 17.0 Å². The highest BCUT2D eigenvalue weighted by Gasteiger charge is 2.15. The summed E-state index contributed by atoms with van der Waals surface area (Å²) >= 11 is 0. The van der Waals surface area contributed by atoms with Crippen molar-refractivity contribution in [2.45, 2.75) is 31.7 Å². The number of hydrogen-bond donors (Lipinski definition) is 2. The molecule has 0 saturated carbocycles. The maximum atomic E-state index is 13.5. The Hall–Kier alpha value is -0.980. The van der Waals surface area contributed by atoms with Gasteiger partial charge in [0.05, 0.1) is 4.90 Å². The number of primary sulfonamides is 1. The average Bonchev–Trinajstić information content (AvgIpc) is 2.21. The zero-order chi connectivity index (χ0) is 13.1. The Morgan fingerprint density at radius 3 is 2.59 bits per heavy atom. The van der Waals surface area contributed by atoms with Crippen LogP contribution in [0.5, 0.6) is 0 Å². The fourth-order valence-electron chi connectivity index (χ4n) is 1.51. The second kappa shape index (κ2) is 5.57. The summed E-state index contributed by atoms with van der Waals surface area (Å²) in [5.41, 5.74) is 0.636. The number of sulfonamides is 1. The minimum Gasteiger partial charge on any atom is -0.313 e. The lowest BCUT2D eigenvalue weighted by atomic mass is 10.1. The Morgan fingerprint density at radius 1 is 1.41 bits per heavy atom. The number of nitrogens with one attached hydrogen (secondary N) is 1. The molecule has 0 bridgehead atoms. The number of nitrogens with two attached hydrogens (primary N) is 1. The summed E-state index contributed by atoms with van der Waals surface area (Å²) in [5.74, 6) is -0.551. The van der Waals surface area contributed by atoms with E-state index in [2.05, 4.69) is 5.32 Å². The predicted molar refractivity (Wildman–Crippen MR) is 64.5 cm³/mol. The molecule has 0 aromatic heterocycles. The first-order valence-corrected chi connectivity index (χ1v) is 6.93. The van der Waals surface area contributed by atoms with Crippen molar-refractivity contribution in [2.24, 2.45) is 5.14 Å². The maximum Gasteiger partial charge on any atom is 0.238 e. The molecule has 17 heavy (non-hydrogen) atoms. The largest absolute Gasteiger partial charge is 0.313 e. The molecule has 3 N–H and O–H groups in total. The zero-order valence-electron chi connectivity index (χ0n) is 9.96. The van der Waals surface area contributed by atoms with Gasteiger partial charge in [-0.25, -0.2) is 17.9 Å². The van der Waals surface area contributed by atoms with Crippen molar-refractivity contribution >= 4 is 10.0 Å². The van der Waals surface area contributed by atoms with Gasteiger partial charge in [-0.05, 0) is 37.6 Å². The average molecular weight is 260 g/mol. The SMILES string of the molecule is CCCNCc1cc(F)c(C)c(S(N)(=O)=O)c1. The predicted octanol–water partition coefficient (Wildman–Crippen LogP) is 1.28. The summed E-state index contributed by atoms with van der Waals surface area (Å²) in [5, 5.41) is 8.11. The molecule has 0 amide bonds. The normalized spacial score (nSPS) is 11.8. The van der Waals surface area contributed by atoms with Gasteiger partial charge in [0.2, 0.25) is 10.0 Å².